The zero-order chi connectivity index (χ0) is 20.0. The van der Waals surface area contributed by atoms with Crippen molar-refractivity contribution in [1.82, 2.24) is 14.5 Å². The number of fused-ring (bicyclic) bond motifs is 2. The van der Waals surface area contributed by atoms with Gasteiger partial charge in [-0.25, -0.2) is 4.98 Å². The van der Waals surface area contributed by atoms with E-state index >= 15 is 0 Å². The summed E-state index contributed by atoms with van der Waals surface area (Å²) in [6, 6.07) is 18.6. The number of rotatable bonds is 4. The molecule has 0 unspecified atom stereocenters. The molecule has 3 heterocycles. The van der Waals surface area contributed by atoms with Crippen molar-refractivity contribution in [3.63, 3.8) is 0 Å². The van der Waals surface area contributed by atoms with Crippen molar-refractivity contribution in [3.05, 3.63) is 60.2 Å². The fraction of sp³-hybridized carbons (Fsp3) is 0.391. The molecule has 2 aromatic carbocycles. The minimum absolute atomic E-state index is 0.0821. The first kappa shape index (κ1) is 18.2. The summed E-state index contributed by atoms with van der Waals surface area (Å²) in [5, 5.41) is 9.60. The molecule has 3 atom stereocenters. The molecule has 6 heteroatoms. The van der Waals surface area contributed by atoms with E-state index in [0.717, 1.165) is 36.6 Å². The average molecular weight is 390 g/mol. The lowest BCUT2D eigenvalue weighted by Crippen LogP contribution is -2.35. The van der Waals surface area contributed by atoms with E-state index in [4.69, 9.17) is 4.98 Å². The molecular weight excluding hydrogens is 364 g/mol. The van der Waals surface area contributed by atoms with E-state index in [1.165, 1.54) is 5.56 Å². The molecule has 0 spiro atoms. The number of aliphatic hydroxyl groups is 1. The van der Waals surface area contributed by atoms with Crippen molar-refractivity contribution in [2.75, 3.05) is 31.1 Å². The van der Waals surface area contributed by atoms with Crippen LogP contribution in [0.25, 0.3) is 11.0 Å². The van der Waals surface area contributed by atoms with Gasteiger partial charge in [-0.15, -0.1) is 0 Å². The highest BCUT2D eigenvalue weighted by Crippen LogP contribution is 2.46. The summed E-state index contributed by atoms with van der Waals surface area (Å²) < 4.78 is 2.12. The number of carbonyl (C=O) groups is 1. The van der Waals surface area contributed by atoms with Gasteiger partial charge in [0.05, 0.1) is 23.7 Å². The largest absolute Gasteiger partial charge is 0.395 e. The molecule has 0 saturated carbocycles. The van der Waals surface area contributed by atoms with Crippen molar-refractivity contribution in [2.45, 2.75) is 19.5 Å². The van der Waals surface area contributed by atoms with Gasteiger partial charge in [-0.05, 0) is 17.7 Å². The first-order chi connectivity index (χ1) is 14.2. The lowest BCUT2D eigenvalue weighted by Gasteiger charge is -2.29. The molecule has 5 rings (SSSR count). The van der Waals surface area contributed by atoms with Gasteiger partial charge in [0, 0.05) is 44.9 Å². The van der Waals surface area contributed by atoms with Gasteiger partial charge in [-0.2, -0.15) is 0 Å². The number of carbonyl (C=O) groups excluding carboxylic acids is 1. The summed E-state index contributed by atoms with van der Waals surface area (Å²) in [5.74, 6) is 1.87. The van der Waals surface area contributed by atoms with E-state index in [-0.39, 0.29) is 18.6 Å². The highest BCUT2D eigenvalue weighted by Gasteiger charge is 2.49. The van der Waals surface area contributed by atoms with Crippen LogP contribution in [-0.2, 0) is 11.3 Å². The van der Waals surface area contributed by atoms with Crippen LogP contribution in [0.15, 0.2) is 54.6 Å². The van der Waals surface area contributed by atoms with Gasteiger partial charge in [-0.3, -0.25) is 4.79 Å². The third-order valence-electron chi connectivity index (χ3n) is 6.45. The number of hydrogen-bond acceptors (Lipinski definition) is 4. The molecule has 2 saturated heterocycles. The average Bonchev–Trinajstić information content (AvgIpc) is 3.39. The van der Waals surface area contributed by atoms with Crippen LogP contribution in [0.1, 0.15) is 18.5 Å². The number of benzene rings is 2. The number of aromatic nitrogens is 2. The lowest BCUT2D eigenvalue weighted by molar-refractivity contribution is -0.130. The summed E-state index contributed by atoms with van der Waals surface area (Å²) >= 11 is 0. The fourth-order valence-electron chi connectivity index (χ4n) is 5.23. The van der Waals surface area contributed by atoms with Crippen molar-refractivity contribution in [3.8, 4) is 0 Å². The Bertz CT molecular complexity index is 1030. The van der Waals surface area contributed by atoms with Crippen LogP contribution in [0.2, 0.25) is 0 Å². The Labute approximate surface area is 170 Å². The molecule has 0 radical (unpaired) electrons. The Hall–Kier alpha value is -2.86. The van der Waals surface area contributed by atoms with E-state index in [9.17, 15) is 9.90 Å². The van der Waals surface area contributed by atoms with Gasteiger partial charge in [0.1, 0.15) is 0 Å². The Morgan fingerprint density at radius 2 is 1.83 bits per heavy atom. The molecule has 6 nitrogen and oxygen atoms in total. The van der Waals surface area contributed by atoms with E-state index in [2.05, 4.69) is 27.7 Å². The number of nitrogens with zero attached hydrogens (tertiary/aromatic N) is 4. The molecule has 3 aromatic rings. The summed E-state index contributed by atoms with van der Waals surface area (Å²) in [6.45, 7) is 4.82. The normalized spacial score (nSPS) is 23.7. The molecule has 0 aliphatic carbocycles. The number of aliphatic hydroxyl groups excluding tert-OH is 1. The minimum atomic E-state index is 0.0821. The van der Waals surface area contributed by atoms with Crippen LogP contribution in [0.5, 0.6) is 0 Å². The van der Waals surface area contributed by atoms with Gasteiger partial charge in [0.15, 0.2) is 0 Å². The van der Waals surface area contributed by atoms with Crippen LogP contribution < -0.4 is 4.90 Å². The molecule has 2 aliphatic heterocycles. The Balaban J connectivity index is 1.49. The summed E-state index contributed by atoms with van der Waals surface area (Å²) in [4.78, 5) is 21.6. The number of anilines is 1. The predicted octanol–water partition coefficient (Wildman–Crippen LogP) is 2.68. The highest BCUT2D eigenvalue weighted by molar-refractivity contribution is 5.79. The van der Waals surface area contributed by atoms with E-state index in [1.807, 2.05) is 41.3 Å². The molecule has 2 aliphatic rings. The highest BCUT2D eigenvalue weighted by atomic mass is 16.3. The number of likely N-dealkylation sites (tertiary alicyclic amines) is 1. The number of imidazole rings is 1. The molecule has 2 fully saturated rings. The van der Waals surface area contributed by atoms with Crippen LogP contribution in [0, 0.1) is 11.8 Å². The fourth-order valence-corrected chi connectivity index (χ4v) is 5.23. The Kier molecular flexibility index (Phi) is 4.51. The summed E-state index contributed by atoms with van der Waals surface area (Å²) in [5.41, 5.74) is 3.22. The third-order valence-corrected chi connectivity index (χ3v) is 6.45. The van der Waals surface area contributed by atoms with Crippen molar-refractivity contribution < 1.29 is 9.90 Å². The zero-order valence-electron chi connectivity index (χ0n) is 16.6. The van der Waals surface area contributed by atoms with Crippen LogP contribution >= 0.6 is 0 Å². The van der Waals surface area contributed by atoms with Gasteiger partial charge in [-0.1, -0.05) is 42.5 Å². The zero-order valence-corrected chi connectivity index (χ0v) is 16.6. The van der Waals surface area contributed by atoms with Crippen molar-refractivity contribution >= 4 is 22.9 Å². The second kappa shape index (κ2) is 7.19. The first-order valence-electron chi connectivity index (χ1n) is 10.3. The maximum Gasteiger partial charge on any atom is 0.219 e. The number of para-hydroxylation sites is 2. The second-order valence-electron chi connectivity index (χ2n) is 8.13. The third kappa shape index (κ3) is 2.99. The molecular formula is C23H26N4O2. The molecule has 150 valence electrons. The lowest BCUT2D eigenvalue weighted by atomic mass is 9.89. The second-order valence-corrected chi connectivity index (χ2v) is 8.13. The number of hydrogen-bond donors (Lipinski definition) is 1. The molecule has 1 amide bonds. The SMILES string of the molecule is CC(=O)N1C[C@H]2CN(c3nc4ccccc4n3CCO)C[C@H]2[C@H]1c1ccccc1. The first-order valence-corrected chi connectivity index (χ1v) is 10.3. The van der Waals surface area contributed by atoms with Gasteiger partial charge < -0.3 is 19.5 Å². The summed E-state index contributed by atoms with van der Waals surface area (Å²) in [7, 11) is 0. The number of amides is 1. The van der Waals surface area contributed by atoms with Gasteiger partial charge in [0.2, 0.25) is 11.9 Å². The van der Waals surface area contributed by atoms with Crippen molar-refractivity contribution in [2.24, 2.45) is 11.8 Å². The minimum Gasteiger partial charge on any atom is -0.395 e. The smallest absolute Gasteiger partial charge is 0.219 e. The van der Waals surface area contributed by atoms with Gasteiger partial charge >= 0.3 is 0 Å². The van der Waals surface area contributed by atoms with Gasteiger partial charge in [0.25, 0.3) is 0 Å². The maximum absolute atomic E-state index is 12.3. The van der Waals surface area contributed by atoms with Crippen molar-refractivity contribution in [1.29, 1.82) is 0 Å². The van der Waals surface area contributed by atoms with E-state index in [1.54, 1.807) is 6.92 Å². The topological polar surface area (TPSA) is 61.6 Å². The van der Waals surface area contributed by atoms with Crippen LogP contribution in [-0.4, -0.2) is 51.7 Å². The maximum atomic E-state index is 12.3. The standard InChI is InChI=1S/C23H26N4O2/c1-16(29)27-14-18-13-25(15-19(18)22(27)17-7-3-2-4-8-17)23-24-20-9-5-6-10-21(20)26(23)11-12-28/h2-10,18-19,22,28H,11-15H2,1H3/t18-,19-,22-/m1/s1. The molecule has 29 heavy (non-hydrogen) atoms. The molecule has 0 bridgehead atoms. The van der Waals surface area contributed by atoms with E-state index < -0.39 is 0 Å². The van der Waals surface area contributed by atoms with E-state index in [0.29, 0.717) is 18.4 Å². The monoisotopic (exact) mass is 390 g/mol. The Morgan fingerprint density at radius 1 is 1.07 bits per heavy atom. The quantitative estimate of drug-likeness (QED) is 0.744. The van der Waals surface area contributed by atoms with Crippen LogP contribution in [0.4, 0.5) is 5.95 Å². The summed E-state index contributed by atoms with van der Waals surface area (Å²) in [6.07, 6.45) is 0. The predicted molar refractivity (Wildman–Crippen MR) is 113 cm³/mol. The molecule has 1 N–H and O–H groups in total. The Morgan fingerprint density at radius 3 is 2.59 bits per heavy atom. The van der Waals surface area contributed by atoms with Crippen LogP contribution in [0.3, 0.4) is 0 Å². The molecule has 1 aromatic heterocycles.